The molecule has 0 aliphatic carbocycles. The fourth-order valence-corrected chi connectivity index (χ4v) is 1.81. The van der Waals surface area contributed by atoms with Crippen LogP contribution in [0.15, 0.2) is 36.4 Å². The lowest BCUT2D eigenvalue weighted by molar-refractivity contribution is 0.129. The zero-order valence-electron chi connectivity index (χ0n) is 10.3. The fraction of sp³-hybridized carbons (Fsp3) is 0.286. The van der Waals surface area contributed by atoms with Gasteiger partial charge in [0.25, 0.3) is 0 Å². The van der Waals surface area contributed by atoms with Gasteiger partial charge in [-0.3, -0.25) is 9.97 Å². The van der Waals surface area contributed by atoms with E-state index in [2.05, 4.69) is 9.97 Å². The Labute approximate surface area is 102 Å². The highest BCUT2D eigenvalue weighted by Crippen LogP contribution is 2.22. The van der Waals surface area contributed by atoms with Crippen LogP contribution in [0.1, 0.15) is 28.9 Å². The minimum atomic E-state index is -0.199. The average molecular weight is 228 g/mol. The molecule has 17 heavy (non-hydrogen) atoms. The second-order valence-electron chi connectivity index (χ2n) is 4.02. The number of hydrogen-bond acceptors (Lipinski definition) is 3. The van der Waals surface area contributed by atoms with Crippen molar-refractivity contribution in [3.63, 3.8) is 0 Å². The maximum atomic E-state index is 5.51. The van der Waals surface area contributed by atoms with Crippen molar-refractivity contribution in [3.05, 3.63) is 59.2 Å². The number of nitrogens with zero attached hydrogens (tertiary/aromatic N) is 2. The van der Waals surface area contributed by atoms with Crippen LogP contribution in [0.3, 0.4) is 0 Å². The van der Waals surface area contributed by atoms with E-state index >= 15 is 0 Å². The zero-order valence-corrected chi connectivity index (χ0v) is 10.3. The molecule has 0 aliphatic rings. The number of methoxy groups -OCH3 is 1. The van der Waals surface area contributed by atoms with Crippen LogP contribution in [0.5, 0.6) is 0 Å². The normalized spacial score (nSPS) is 10.8. The van der Waals surface area contributed by atoms with Crippen molar-refractivity contribution in [2.24, 2.45) is 0 Å². The molecule has 3 heteroatoms. The predicted molar refractivity (Wildman–Crippen MR) is 66.8 cm³/mol. The third-order valence-electron chi connectivity index (χ3n) is 2.59. The first-order valence-corrected chi connectivity index (χ1v) is 5.60. The maximum absolute atomic E-state index is 5.51. The van der Waals surface area contributed by atoms with Crippen molar-refractivity contribution < 1.29 is 4.74 Å². The van der Waals surface area contributed by atoms with Gasteiger partial charge in [0.2, 0.25) is 0 Å². The lowest BCUT2D eigenvalue weighted by Gasteiger charge is -2.15. The highest BCUT2D eigenvalue weighted by molar-refractivity contribution is 5.22. The van der Waals surface area contributed by atoms with E-state index in [-0.39, 0.29) is 6.10 Å². The minimum absolute atomic E-state index is 0.199. The third kappa shape index (κ3) is 2.68. The van der Waals surface area contributed by atoms with Gasteiger partial charge in [-0.15, -0.1) is 0 Å². The molecular weight excluding hydrogens is 212 g/mol. The summed E-state index contributed by atoms with van der Waals surface area (Å²) in [6.45, 7) is 3.94. The number of hydrogen-bond donors (Lipinski definition) is 0. The van der Waals surface area contributed by atoms with Crippen LogP contribution in [-0.2, 0) is 4.74 Å². The Morgan fingerprint density at radius 1 is 0.882 bits per heavy atom. The van der Waals surface area contributed by atoms with Gasteiger partial charge >= 0.3 is 0 Å². The number of aromatic nitrogens is 2. The van der Waals surface area contributed by atoms with Crippen molar-refractivity contribution in [1.29, 1.82) is 0 Å². The Morgan fingerprint density at radius 2 is 1.35 bits per heavy atom. The van der Waals surface area contributed by atoms with Gasteiger partial charge in [0, 0.05) is 18.5 Å². The number of pyridine rings is 2. The SMILES string of the molecule is COC(c1cccc(C)n1)c1cccc(C)n1. The van der Waals surface area contributed by atoms with E-state index in [1.807, 2.05) is 50.2 Å². The molecule has 0 bridgehead atoms. The van der Waals surface area contributed by atoms with Crippen molar-refractivity contribution in [3.8, 4) is 0 Å². The fourth-order valence-electron chi connectivity index (χ4n) is 1.81. The lowest BCUT2D eigenvalue weighted by atomic mass is 10.1. The van der Waals surface area contributed by atoms with Gasteiger partial charge < -0.3 is 4.74 Å². The van der Waals surface area contributed by atoms with E-state index in [0.29, 0.717) is 0 Å². The number of rotatable bonds is 3. The predicted octanol–water partition coefficient (Wildman–Crippen LogP) is 2.83. The van der Waals surface area contributed by atoms with Crippen molar-refractivity contribution in [1.82, 2.24) is 9.97 Å². The topological polar surface area (TPSA) is 35.0 Å². The van der Waals surface area contributed by atoms with E-state index in [4.69, 9.17) is 4.74 Å². The molecule has 2 aromatic heterocycles. The minimum Gasteiger partial charge on any atom is -0.369 e. The molecule has 0 spiro atoms. The number of ether oxygens (including phenoxy) is 1. The van der Waals surface area contributed by atoms with Crippen LogP contribution >= 0.6 is 0 Å². The molecule has 2 rings (SSSR count). The van der Waals surface area contributed by atoms with Crippen LogP contribution in [0.2, 0.25) is 0 Å². The molecule has 2 heterocycles. The summed E-state index contributed by atoms with van der Waals surface area (Å²) in [5.74, 6) is 0. The van der Waals surface area contributed by atoms with Gasteiger partial charge in [0.1, 0.15) is 6.10 Å². The van der Waals surface area contributed by atoms with Gasteiger partial charge in [0.05, 0.1) is 11.4 Å². The summed E-state index contributed by atoms with van der Waals surface area (Å²) in [5.41, 5.74) is 3.76. The van der Waals surface area contributed by atoms with Gasteiger partial charge in [-0.1, -0.05) is 12.1 Å². The van der Waals surface area contributed by atoms with E-state index in [1.54, 1.807) is 7.11 Å². The molecule has 0 aliphatic heterocycles. The largest absolute Gasteiger partial charge is 0.369 e. The summed E-state index contributed by atoms with van der Waals surface area (Å²) in [5, 5.41) is 0. The molecule has 0 saturated carbocycles. The highest BCUT2D eigenvalue weighted by atomic mass is 16.5. The summed E-state index contributed by atoms with van der Waals surface area (Å²) >= 11 is 0. The summed E-state index contributed by atoms with van der Waals surface area (Å²) in [4.78, 5) is 8.97. The second kappa shape index (κ2) is 5.06. The van der Waals surface area contributed by atoms with Crippen LogP contribution in [-0.4, -0.2) is 17.1 Å². The van der Waals surface area contributed by atoms with E-state index in [0.717, 1.165) is 22.8 Å². The molecule has 0 saturated heterocycles. The molecule has 0 radical (unpaired) electrons. The van der Waals surface area contributed by atoms with E-state index in [9.17, 15) is 0 Å². The van der Waals surface area contributed by atoms with Crippen molar-refractivity contribution in [2.75, 3.05) is 7.11 Å². The van der Waals surface area contributed by atoms with Gasteiger partial charge in [-0.25, -0.2) is 0 Å². The molecule has 3 nitrogen and oxygen atoms in total. The van der Waals surface area contributed by atoms with Gasteiger partial charge in [-0.2, -0.15) is 0 Å². The van der Waals surface area contributed by atoms with Crippen LogP contribution in [0, 0.1) is 13.8 Å². The van der Waals surface area contributed by atoms with Crippen LogP contribution in [0.4, 0.5) is 0 Å². The Morgan fingerprint density at radius 3 is 1.71 bits per heavy atom. The van der Waals surface area contributed by atoms with Crippen LogP contribution in [0.25, 0.3) is 0 Å². The molecule has 0 N–H and O–H groups in total. The molecule has 0 amide bonds. The average Bonchev–Trinajstić information content (AvgIpc) is 2.30. The van der Waals surface area contributed by atoms with E-state index in [1.165, 1.54) is 0 Å². The van der Waals surface area contributed by atoms with Gasteiger partial charge in [-0.05, 0) is 38.1 Å². The molecule has 0 atom stereocenters. The monoisotopic (exact) mass is 228 g/mol. The lowest BCUT2D eigenvalue weighted by Crippen LogP contribution is -2.08. The third-order valence-corrected chi connectivity index (χ3v) is 2.59. The standard InChI is InChI=1S/C14H16N2O/c1-10-6-4-8-12(15-10)14(17-3)13-9-5-7-11(2)16-13/h4-9,14H,1-3H3. The molecule has 0 fully saturated rings. The second-order valence-corrected chi connectivity index (χ2v) is 4.02. The van der Waals surface area contributed by atoms with Crippen LogP contribution < -0.4 is 0 Å². The summed E-state index contributed by atoms with van der Waals surface area (Å²) in [7, 11) is 1.68. The highest BCUT2D eigenvalue weighted by Gasteiger charge is 2.16. The summed E-state index contributed by atoms with van der Waals surface area (Å²) < 4.78 is 5.51. The molecule has 88 valence electrons. The van der Waals surface area contributed by atoms with Crippen molar-refractivity contribution >= 4 is 0 Å². The summed E-state index contributed by atoms with van der Waals surface area (Å²) in [6, 6.07) is 11.8. The van der Waals surface area contributed by atoms with Crippen molar-refractivity contribution in [2.45, 2.75) is 20.0 Å². The summed E-state index contributed by atoms with van der Waals surface area (Å²) in [6.07, 6.45) is -0.199. The first-order valence-electron chi connectivity index (χ1n) is 5.60. The zero-order chi connectivity index (χ0) is 12.3. The smallest absolute Gasteiger partial charge is 0.141 e. The molecule has 2 aromatic rings. The molecule has 0 unspecified atom stereocenters. The quantitative estimate of drug-likeness (QED) is 0.810. The first-order chi connectivity index (χ1) is 8.20. The first kappa shape index (κ1) is 11.7. The van der Waals surface area contributed by atoms with E-state index < -0.39 is 0 Å². The molecular formula is C14H16N2O. The van der Waals surface area contributed by atoms with Gasteiger partial charge in [0.15, 0.2) is 0 Å². The molecule has 0 aromatic carbocycles. The Hall–Kier alpha value is -1.74. The Kier molecular flexibility index (Phi) is 3.49. The maximum Gasteiger partial charge on any atom is 0.141 e. The number of aryl methyl sites for hydroxylation is 2. The Balaban J connectivity index is 2.40. The Bertz CT molecular complexity index is 466.